The number of amides is 1. The Morgan fingerprint density at radius 1 is 1.14 bits per heavy atom. The van der Waals surface area contributed by atoms with E-state index in [1.807, 2.05) is 37.3 Å². The molecule has 2 nitrogen and oxygen atoms in total. The van der Waals surface area contributed by atoms with Gasteiger partial charge in [0.05, 0.1) is 6.04 Å². The van der Waals surface area contributed by atoms with Crippen LogP contribution >= 0.6 is 11.8 Å². The molecular weight excluding hydrogens is 304 g/mol. The van der Waals surface area contributed by atoms with Crippen LogP contribution in [0.2, 0.25) is 0 Å². The quantitative estimate of drug-likeness (QED) is 0.803. The Kier molecular flexibility index (Phi) is 5.95. The highest BCUT2D eigenvalue weighted by molar-refractivity contribution is 7.99. The number of carbonyl (C=O) groups excluding carboxylic acids is 1. The van der Waals surface area contributed by atoms with Gasteiger partial charge in [0.15, 0.2) is 11.6 Å². The fourth-order valence-electron chi connectivity index (χ4n) is 1.97. The largest absolute Gasteiger partial charge is 0.350 e. The van der Waals surface area contributed by atoms with Crippen molar-refractivity contribution in [3.63, 3.8) is 0 Å². The van der Waals surface area contributed by atoms with Crippen molar-refractivity contribution in [2.24, 2.45) is 0 Å². The summed E-state index contributed by atoms with van der Waals surface area (Å²) in [7, 11) is 0. The van der Waals surface area contributed by atoms with E-state index in [-0.39, 0.29) is 11.9 Å². The van der Waals surface area contributed by atoms with Crippen molar-refractivity contribution in [3.8, 4) is 0 Å². The van der Waals surface area contributed by atoms with E-state index in [4.69, 9.17) is 0 Å². The summed E-state index contributed by atoms with van der Waals surface area (Å²) in [5.41, 5.74) is 1.05. The number of benzene rings is 2. The van der Waals surface area contributed by atoms with E-state index in [2.05, 4.69) is 5.32 Å². The number of hydrogen-bond donors (Lipinski definition) is 1. The average molecular weight is 321 g/mol. The minimum atomic E-state index is -0.868. The molecule has 0 unspecified atom stereocenters. The third-order valence-corrected chi connectivity index (χ3v) is 4.16. The number of halogens is 2. The van der Waals surface area contributed by atoms with Crippen LogP contribution in [0.15, 0.2) is 53.4 Å². The standard InChI is InChI=1S/C17H17F2NOS/c1-12(13-5-3-2-4-6-13)20-17(21)9-10-22-14-7-8-15(18)16(19)11-14/h2-8,11-12H,9-10H2,1H3,(H,20,21)/t12-/m0/s1. The maximum absolute atomic E-state index is 13.1. The van der Waals surface area contributed by atoms with Crippen molar-refractivity contribution in [2.45, 2.75) is 24.3 Å². The first-order chi connectivity index (χ1) is 10.6. The lowest BCUT2D eigenvalue weighted by atomic mass is 10.1. The molecular formula is C17H17F2NOS. The van der Waals surface area contributed by atoms with Gasteiger partial charge in [-0.3, -0.25) is 4.79 Å². The van der Waals surface area contributed by atoms with E-state index in [1.54, 1.807) is 0 Å². The van der Waals surface area contributed by atoms with Crippen molar-refractivity contribution in [2.75, 3.05) is 5.75 Å². The number of hydrogen-bond acceptors (Lipinski definition) is 2. The van der Waals surface area contributed by atoms with Gasteiger partial charge >= 0.3 is 0 Å². The molecule has 22 heavy (non-hydrogen) atoms. The summed E-state index contributed by atoms with van der Waals surface area (Å²) in [6.07, 6.45) is 0.320. The summed E-state index contributed by atoms with van der Waals surface area (Å²) >= 11 is 1.33. The zero-order valence-corrected chi connectivity index (χ0v) is 13.0. The number of carbonyl (C=O) groups is 1. The van der Waals surface area contributed by atoms with Gasteiger partial charge in [0.25, 0.3) is 0 Å². The zero-order valence-electron chi connectivity index (χ0n) is 12.2. The summed E-state index contributed by atoms with van der Waals surface area (Å²) in [5, 5.41) is 2.92. The molecule has 0 heterocycles. The third-order valence-electron chi connectivity index (χ3n) is 3.17. The van der Waals surface area contributed by atoms with Crippen LogP contribution in [0.25, 0.3) is 0 Å². The summed E-state index contributed by atoms with van der Waals surface area (Å²) in [6.45, 7) is 1.93. The lowest BCUT2D eigenvalue weighted by Gasteiger charge is -2.14. The molecule has 1 N–H and O–H groups in total. The molecule has 0 radical (unpaired) electrons. The smallest absolute Gasteiger partial charge is 0.221 e. The highest BCUT2D eigenvalue weighted by Gasteiger charge is 2.09. The Hall–Kier alpha value is -1.88. The molecule has 1 amide bonds. The Bertz CT molecular complexity index is 634. The van der Waals surface area contributed by atoms with Crippen molar-refractivity contribution in [1.82, 2.24) is 5.32 Å². The van der Waals surface area contributed by atoms with Crippen molar-refractivity contribution in [1.29, 1.82) is 0 Å². The monoisotopic (exact) mass is 321 g/mol. The van der Waals surface area contributed by atoms with Crippen molar-refractivity contribution >= 4 is 17.7 Å². The highest BCUT2D eigenvalue weighted by atomic mass is 32.2. The van der Waals surface area contributed by atoms with Gasteiger partial charge in [-0.2, -0.15) is 0 Å². The van der Waals surface area contributed by atoms with Crippen molar-refractivity contribution in [3.05, 3.63) is 65.7 Å². The predicted octanol–water partition coefficient (Wildman–Crippen LogP) is 4.32. The van der Waals surface area contributed by atoms with Gasteiger partial charge in [0.2, 0.25) is 5.91 Å². The van der Waals surface area contributed by atoms with E-state index in [1.165, 1.54) is 17.8 Å². The van der Waals surface area contributed by atoms with Crippen LogP contribution in [-0.4, -0.2) is 11.7 Å². The topological polar surface area (TPSA) is 29.1 Å². The Morgan fingerprint density at radius 2 is 1.86 bits per heavy atom. The molecule has 0 saturated heterocycles. The highest BCUT2D eigenvalue weighted by Crippen LogP contribution is 2.21. The Labute approximate surface area is 132 Å². The second-order valence-corrected chi connectivity index (χ2v) is 6.04. The lowest BCUT2D eigenvalue weighted by Crippen LogP contribution is -2.26. The molecule has 0 saturated carbocycles. The number of nitrogens with one attached hydrogen (secondary N) is 1. The van der Waals surface area contributed by atoms with E-state index in [9.17, 15) is 13.6 Å². The second-order valence-electron chi connectivity index (χ2n) is 4.87. The average Bonchev–Trinajstić information content (AvgIpc) is 2.51. The molecule has 2 aromatic rings. The molecule has 5 heteroatoms. The maximum atomic E-state index is 13.1. The van der Waals surface area contributed by atoms with Gasteiger partial charge < -0.3 is 5.32 Å². The first kappa shape index (κ1) is 16.5. The van der Waals surface area contributed by atoms with E-state index < -0.39 is 11.6 Å². The number of thioether (sulfide) groups is 1. The zero-order chi connectivity index (χ0) is 15.9. The third kappa shape index (κ3) is 4.84. The van der Waals surface area contributed by atoms with Crippen LogP contribution in [0, 0.1) is 11.6 Å². The molecule has 0 spiro atoms. The molecule has 1 atom stereocenters. The molecule has 0 aliphatic rings. The van der Waals surface area contributed by atoms with Gasteiger partial charge in [-0.15, -0.1) is 11.8 Å². The summed E-state index contributed by atoms with van der Waals surface area (Å²) in [5.74, 6) is -1.28. The predicted molar refractivity (Wildman–Crippen MR) is 84.7 cm³/mol. The van der Waals surface area contributed by atoms with Gasteiger partial charge in [0, 0.05) is 17.1 Å². The minimum absolute atomic E-state index is 0.0537. The molecule has 2 aromatic carbocycles. The Balaban J connectivity index is 1.77. The van der Waals surface area contributed by atoms with E-state index in [0.717, 1.165) is 17.7 Å². The van der Waals surface area contributed by atoms with E-state index >= 15 is 0 Å². The maximum Gasteiger partial charge on any atom is 0.221 e. The van der Waals surface area contributed by atoms with Gasteiger partial charge in [0.1, 0.15) is 0 Å². The molecule has 116 valence electrons. The lowest BCUT2D eigenvalue weighted by molar-refractivity contribution is -0.121. The Morgan fingerprint density at radius 3 is 2.55 bits per heavy atom. The molecule has 0 bridgehead atoms. The molecule has 0 fully saturated rings. The fraction of sp³-hybridized carbons (Fsp3) is 0.235. The van der Waals surface area contributed by atoms with Crippen LogP contribution in [-0.2, 0) is 4.79 Å². The van der Waals surface area contributed by atoms with Crippen LogP contribution in [0.5, 0.6) is 0 Å². The normalized spacial score (nSPS) is 12.0. The van der Waals surface area contributed by atoms with Gasteiger partial charge in [-0.1, -0.05) is 30.3 Å². The summed E-state index contributed by atoms with van der Waals surface area (Å²) in [4.78, 5) is 12.5. The van der Waals surface area contributed by atoms with Gasteiger partial charge in [-0.05, 0) is 30.7 Å². The summed E-state index contributed by atoms with van der Waals surface area (Å²) < 4.78 is 25.9. The van der Waals surface area contributed by atoms with Crippen molar-refractivity contribution < 1.29 is 13.6 Å². The molecule has 0 aliphatic heterocycles. The minimum Gasteiger partial charge on any atom is -0.350 e. The molecule has 0 aromatic heterocycles. The van der Waals surface area contributed by atoms with E-state index in [0.29, 0.717) is 17.1 Å². The van der Waals surface area contributed by atoms with Crippen LogP contribution in [0.3, 0.4) is 0 Å². The first-order valence-corrected chi connectivity index (χ1v) is 7.97. The fourth-order valence-corrected chi connectivity index (χ4v) is 2.84. The molecule has 0 aliphatic carbocycles. The number of rotatable bonds is 6. The van der Waals surface area contributed by atoms with Gasteiger partial charge in [-0.25, -0.2) is 8.78 Å². The molecule has 2 rings (SSSR count). The van der Waals surface area contributed by atoms with Crippen LogP contribution in [0.1, 0.15) is 24.9 Å². The first-order valence-electron chi connectivity index (χ1n) is 6.98. The van der Waals surface area contributed by atoms with Crippen LogP contribution < -0.4 is 5.32 Å². The SMILES string of the molecule is C[C@H](NC(=O)CCSc1ccc(F)c(F)c1)c1ccccc1. The second kappa shape index (κ2) is 7.94. The summed E-state index contributed by atoms with van der Waals surface area (Å²) in [6, 6.07) is 13.4. The van der Waals surface area contributed by atoms with Crippen LogP contribution in [0.4, 0.5) is 8.78 Å².